The second-order valence-electron chi connectivity index (χ2n) is 4.20. The van der Waals surface area contributed by atoms with Crippen LogP contribution < -0.4 is 5.32 Å². The molecule has 0 bridgehead atoms. The van der Waals surface area contributed by atoms with Gasteiger partial charge in [0.1, 0.15) is 0 Å². The number of nitrogens with zero attached hydrogens (tertiary/aromatic N) is 1. The average Bonchev–Trinajstić information content (AvgIpc) is 2.91. The molecule has 1 aromatic heterocycles. The van der Waals surface area contributed by atoms with Crippen LogP contribution in [0, 0.1) is 0 Å². The van der Waals surface area contributed by atoms with Gasteiger partial charge in [-0.15, -0.1) is 0 Å². The number of furan rings is 1. The Morgan fingerprint density at radius 1 is 1.30 bits per heavy atom. The second kappa shape index (κ2) is 6.25. The van der Waals surface area contributed by atoms with Gasteiger partial charge in [0.05, 0.1) is 12.8 Å². The maximum absolute atomic E-state index is 11.9. The summed E-state index contributed by atoms with van der Waals surface area (Å²) in [5.74, 6) is -0.464. The predicted octanol–water partition coefficient (Wildman–Crippen LogP) is 2.64. The van der Waals surface area contributed by atoms with Crippen LogP contribution in [0.4, 0.5) is 5.69 Å². The molecule has 0 spiro atoms. The Bertz CT molecular complexity index is 611. The molecule has 20 heavy (non-hydrogen) atoms. The number of carbonyl (C=O) groups is 2. The average molecular weight is 293 g/mol. The molecule has 0 saturated carbocycles. The van der Waals surface area contributed by atoms with Crippen LogP contribution >= 0.6 is 11.6 Å². The molecule has 0 aliphatic carbocycles. The first-order valence-electron chi connectivity index (χ1n) is 5.90. The number of halogens is 1. The van der Waals surface area contributed by atoms with E-state index in [0.717, 1.165) is 0 Å². The van der Waals surface area contributed by atoms with E-state index in [9.17, 15) is 9.59 Å². The van der Waals surface area contributed by atoms with Gasteiger partial charge in [0.2, 0.25) is 5.91 Å². The van der Waals surface area contributed by atoms with Gasteiger partial charge in [0.25, 0.3) is 5.91 Å². The maximum Gasteiger partial charge on any atom is 0.289 e. The molecule has 104 valence electrons. The molecule has 2 aromatic rings. The molecule has 2 amide bonds. The highest BCUT2D eigenvalue weighted by Gasteiger charge is 2.17. The number of likely N-dealkylation sites (N-methyl/N-ethyl adjacent to an activating group) is 1. The number of rotatable bonds is 4. The van der Waals surface area contributed by atoms with Gasteiger partial charge in [-0.3, -0.25) is 9.59 Å². The fourth-order valence-electron chi connectivity index (χ4n) is 1.64. The van der Waals surface area contributed by atoms with E-state index in [1.54, 1.807) is 36.4 Å². The molecule has 0 fully saturated rings. The van der Waals surface area contributed by atoms with E-state index < -0.39 is 0 Å². The summed E-state index contributed by atoms with van der Waals surface area (Å²) in [5.41, 5.74) is 0.585. The predicted molar refractivity (Wildman–Crippen MR) is 75.8 cm³/mol. The van der Waals surface area contributed by atoms with E-state index in [4.69, 9.17) is 16.0 Å². The van der Waals surface area contributed by atoms with Crippen LogP contribution in [-0.4, -0.2) is 30.3 Å². The molecule has 0 saturated heterocycles. The van der Waals surface area contributed by atoms with Crippen molar-refractivity contribution in [2.75, 3.05) is 18.9 Å². The largest absolute Gasteiger partial charge is 0.459 e. The molecule has 0 unspecified atom stereocenters. The molecule has 1 heterocycles. The summed E-state index contributed by atoms with van der Waals surface area (Å²) in [6, 6.07) is 9.96. The van der Waals surface area contributed by atoms with Crippen molar-refractivity contribution < 1.29 is 14.0 Å². The first-order chi connectivity index (χ1) is 9.56. The van der Waals surface area contributed by atoms with E-state index in [1.807, 2.05) is 0 Å². The van der Waals surface area contributed by atoms with Crippen LogP contribution in [0.25, 0.3) is 0 Å². The van der Waals surface area contributed by atoms with Crippen molar-refractivity contribution in [3.8, 4) is 0 Å². The lowest BCUT2D eigenvalue weighted by Gasteiger charge is -2.15. The fraction of sp³-hybridized carbons (Fsp3) is 0.143. The first kappa shape index (κ1) is 14.1. The molecule has 5 nitrogen and oxygen atoms in total. The normalized spacial score (nSPS) is 10.1. The Labute approximate surface area is 121 Å². The molecule has 1 aromatic carbocycles. The first-order valence-corrected chi connectivity index (χ1v) is 6.28. The van der Waals surface area contributed by atoms with E-state index in [0.29, 0.717) is 10.7 Å². The van der Waals surface area contributed by atoms with Crippen molar-refractivity contribution in [1.82, 2.24) is 4.90 Å². The zero-order valence-electron chi connectivity index (χ0n) is 10.8. The Kier molecular flexibility index (Phi) is 4.42. The van der Waals surface area contributed by atoms with Crippen LogP contribution in [0.15, 0.2) is 47.1 Å². The zero-order chi connectivity index (χ0) is 14.5. The van der Waals surface area contributed by atoms with Crippen molar-refractivity contribution in [2.45, 2.75) is 0 Å². The highest BCUT2D eigenvalue weighted by Crippen LogP contribution is 2.14. The number of carbonyl (C=O) groups excluding carboxylic acids is 2. The van der Waals surface area contributed by atoms with E-state index in [1.165, 1.54) is 18.2 Å². The van der Waals surface area contributed by atoms with Crippen molar-refractivity contribution in [3.05, 3.63) is 53.4 Å². The summed E-state index contributed by atoms with van der Waals surface area (Å²) in [6.07, 6.45) is 1.41. The lowest BCUT2D eigenvalue weighted by atomic mass is 10.3. The molecule has 1 N–H and O–H groups in total. The van der Waals surface area contributed by atoms with Crippen molar-refractivity contribution in [1.29, 1.82) is 0 Å². The second-order valence-corrected chi connectivity index (χ2v) is 4.63. The minimum absolute atomic E-state index is 0.0773. The number of benzene rings is 1. The zero-order valence-corrected chi connectivity index (χ0v) is 11.6. The number of anilines is 1. The van der Waals surface area contributed by atoms with Gasteiger partial charge in [0.15, 0.2) is 5.76 Å². The third-order valence-corrected chi connectivity index (χ3v) is 2.80. The standard InChI is InChI=1S/C14H13ClN2O3/c1-17(14(19)12-6-3-7-20-12)9-13(18)16-11-5-2-4-10(15)8-11/h2-8H,9H2,1H3,(H,16,18). The van der Waals surface area contributed by atoms with Gasteiger partial charge in [-0.1, -0.05) is 17.7 Å². The molecular formula is C14H13ClN2O3. The highest BCUT2D eigenvalue weighted by atomic mass is 35.5. The summed E-state index contributed by atoms with van der Waals surface area (Å²) in [7, 11) is 1.53. The minimum atomic E-state index is -0.351. The minimum Gasteiger partial charge on any atom is -0.459 e. The quantitative estimate of drug-likeness (QED) is 0.942. The summed E-state index contributed by atoms with van der Waals surface area (Å²) < 4.78 is 4.99. The number of nitrogens with one attached hydrogen (secondary N) is 1. The fourth-order valence-corrected chi connectivity index (χ4v) is 1.83. The van der Waals surface area contributed by atoms with E-state index >= 15 is 0 Å². The SMILES string of the molecule is CN(CC(=O)Nc1cccc(Cl)c1)C(=O)c1ccco1. The summed E-state index contributed by atoms with van der Waals surface area (Å²) >= 11 is 5.82. The summed E-state index contributed by atoms with van der Waals surface area (Å²) in [4.78, 5) is 25.0. The third-order valence-electron chi connectivity index (χ3n) is 2.57. The van der Waals surface area contributed by atoms with Crippen LogP contribution in [0.5, 0.6) is 0 Å². The van der Waals surface area contributed by atoms with Crippen LogP contribution in [0.3, 0.4) is 0 Å². The van der Waals surface area contributed by atoms with E-state index in [-0.39, 0.29) is 24.1 Å². The van der Waals surface area contributed by atoms with Crippen LogP contribution in [-0.2, 0) is 4.79 Å². The van der Waals surface area contributed by atoms with Crippen molar-refractivity contribution in [2.24, 2.45) is 0 Å². The van der Waals surface area contributed by atoms with Crippen LogP contribution in [0.1, 0.15) is 10.6 Å². The maximum atomic E-state index is 11.9. The van der Waals surface area contributed by atoms with Gasteiger partial charge in [-0.05, 0) is 30.3 Å². The molecule has 2 rings (SSSR count). The smallest absolute Gasteiger partial charge is 0.289 e. The topological polar surface area (TPSA) is 62.6 Å². The van der Waals surface area contributed by atoms with Gasteiger partial charge in [-0.2, -0.15) is 0 Å². The van der Waals surface area contributed by atoms with Crippen molar-refractivity contribution in [3.63, 3.8) is 0 Å². The lowest BCUT2D eigenvalue weighted by molar-refractivity contribution is -0.116. The highest BCUT2D eigenvalue weighted by molar-refractivity contribution is 6.30. The molecule has 0 atom stereocenters. The third kappa shape index (κ3) is 3.61. The Morgan fingerprint density at radius 3 is 2.75 bits per heavy atom. The van der Waals surface area contributed by atoms with Gasteiger partial charge in [-0.25, -0.2) is 0 Å². The lowest BCUT2D eigenvalue weighted by Crippen LogP contribution is -2.34. The number of amides is 2. The molecule has 0 radical (unpaired) electrons. The molecule has 0 aliphatic heterocycles. The van der Waals surface area contributed by atoms with Crippen molar-refractivity contribution >= 4 is 29.1 Å². The summed E-state index contributed by atoms with van der Waals surface area (Å²) in [5, 5.41) is 3.20. The molecule has 0 aliphatic rings. The summed E-state index contributed by atoms with van der Waals surface area (Å²) in [6.45, 7) is -0.0773. The Morgan fingerprint density at radius 2 is 2.10 bits per heavy atom. The van der Waals surface area contributed by atoms with E-state index in [2.05, 4.69) is 5.32 Å². The van der Waals surface area contributed by atoms with Gasteiger partial charge < -0.3 is 14.6 Å². The number of hydrogen-bond acceptors (Lipinski definition) is 3. The van der Waals surface area contributed by atoms with Crippen LogP contribution in [0.2, 0.25) is 5.02 Å². The number of hydrogen-bond donors (Lipinski definition) is 1. The monoisotopic (exact) mass is 292 g/mol. The van der Waals surface area contributed by atoms with Gasteiger partial charge >= 0.3 is 0 Å². The Balaban J connectivity index is 1.93. The van der Waals surface area contributed by atoms with Gasteiger partial charge in [0, 0.05) is 17.8 Å². The Hall–Kier alpha value is -2.27. The molecular weight excluding hydrogens is 280 g/mol. The molecule has 6 heteroatoms.